The SMILES string of the molecule is Cc1ccc(-c2ccc3c(=O)[nH]ccc3c2)c(C(=O)C(=O)Nc2cnc(N)c(C)c2)c1. The van der Waals surface area contributed by atoms with E-state index in [1.54, 1.807) is 49.5 Å². The van der Waals surface area contributed by atoms with E-state index in [0.29, 0.717) is 28.0 Å². The number of fused-ring (bicyclic) bond motifs is 1. The predicted molar refractivity (Wildman–Crippen MR) is 121 cm³/mol. The van der Waals surface area contributed by atoms with Crippen molar-refractivity contribution in [3.05, 3.63) is 88.0 Å². The van der Waals surface area contributed by atoms with E-state index in [-0.39, 0.29) is 11.1 Å². The number of benzene rings is 2. The van der Waals surface area contributed by atoms with E-state index in [4.69, 9.17) is 5.73 Å². The number of anilines is 2. The lowest BCUT2D eigenvalue weighted by Crippen LogP contribution is -2.23. The van der Waals surface area contributed by atoms with Crippen LogP contribution in [0.4, 0.5) is 11.5 Å². The first-order valence-electron chi connectivity index (χ1n) is 9.64. The molecule has 4 N–H and O–H groups in total. The number of nitrogens with zero attached hydrogens (tertiary/aromatic N) is 1. The van der Waals surface area contributed by atoms with E-state index in [1.165, 1.54) is 6.20 Å². The van der Waals surface area contributed by atoms with Gasteiger partial charge in [-0.2, -0.15) is 0 Å². The summed E-state index contributed by atoms with van der Waals surface area (Å²) in [6.45, 7) is 3.62. The molecular weight excluding hydrogens is 392 g/mol. The molecule has 2 aromatic heterocycles. The lowest BCUT2D eigenvalue weighted by Gasteiger charge is -2.12. The first kappa shape index (κ1) is 20.0. The van der Waals surface area contributed by atoms with Crippen molar-refractivity contribution < 1.29 is 9.59 Å². The monoisotopic (exact) mass is 412 g/mol. The molecule has 31 heavy (non-hydrogen) atoms. The molecule has 2 heterocycles. The van der Waals surface area contributed by atoms with Crippen LogP contribution in [0.15, 0.2) is 65.7 Å². The zero-order valence-corrected chi connectivity index (χ0v) is 17.0. The Morgan fingerprint density at radius 1 is 1.03 bits per heavy atom. The summed E-state index contributed by atoms with van der Waals surface area (Å²) in [6, 6.07) is 14.1. The molecule has 0 saturated heterocycles. The maximum atomic E-state index is 13.1. The summed E-state index contributed by atoms with van der Waals surface area (Å²) in [5.74, 6) is -1.07. The Morgan fingerprint density at radius 2 is 1.84 bits per heavy atom. The van der Waals surface area contributed by atoms with E-state index in [9.17, 15) is 14.4 Å². The Hall–Kier alpha value is -4.26. The first-order chi connectivity index (χ1) is 14.8. The van der Waals surface area contributed by atoms with Crippen molar-refractivity contribution in [1.29, 1.82) is 0 Å². The molecule has 0 saturated carbocycles. The fourth-order valence-electron chi connectivity index (χ4n) is 3.42. The van der Waals surface area contributed by atoms with Crippen LogP contribution in [0.1, 0.15) is 21.5 Å². The Labute approximate surface area is 178 Å². The molecule has 0 aliphatic heterocycles. The van der Waals surface area contributed by atoms with Crippen LogP contribution in [-0.4, -0.2) is 21.7 Å². The standard InChI is InChI=1S/C24H20N4O3/c1-13-3-5-18(15-4-6-19-16(11-15)7-8-26-23(19)30)20(9-13)21(29)24(31)28-17-10-14(2)22(25)27-12-17/h3-12H,1-2H3,(H2,25,27)(H,26,30)(H,28,31). The Morgan fingerprint density at radius 3 is 2.61 bits per heavy atom. The molecule has 0 radical (unpaired) electrons. The summed E-state index contributed by atoms with van der Waals surface area (Å²) in [6.07, 6.45) is 2.98. The number of aryl methyl sites for hydroxylation is 2. The van der Waals surface area contributed by atoms with Crippen molar-refractivity contribution in [3.63, 3.8) is 0 Å². The smallest absolute Gasteiger partial charge is 0.296 e. The zero-order chi connectivity index (χ0) is 22.1. The molecule has 0 unspecified atom stereocenters. The van der Waals surface area contributed by atoms with Gasteiger partial charge in [-0.25, -0.2) is 4.98 Å². The molecule has 0 fully saturated rings. The van der Waals surface area contributed by atoms with Crippen LogP contribution in [0.25, 0.3) is 21.9 Å². The van der Waals surface area contributed by atoms with Gasteiger partial charge in [0.2, 0.25) is 0 Å². The molecule has 0 aliphatic rings. The van der Waals surface area contributed by atoms with Crippen LogP contribution in [0, 0.1) is 13.8 Å². The maximum absolute atomic E-state index is 13.1. The molecule has 0 bridgehead atoms. The summed E-state index contributed by atoms with van der Waals surface area (Å²) in [5, 5.41) is 3.89. The van der Waals surface area contributed by atoms with E-state index >= 15 is 0 Å². The van der Waals surface area contributed by atoms with Crippen molar-refractivity contribution in [2.45, 2.75) is 13.8 Å². The van der Waals surface area contributed by atoms with Crippen molar-refractivity contribution in [2.24, 2.45) is 0 Å². The topological polar surface area (TPSA) is 118 Å². The lowest BCUT2D eigenvalue weighted by molar-refractivity contribution is -0.112. The molecule has 7 nitrogen and oxygen atoms in total. The van der Waals surface area contributed by atoms with Gasteiger partial charge in [0.15, 0.2) is 0 Å². The molecule has 0 atom stereocenters. The van der Waals surface area contributed by atoms with Gasteiger partial charge in [-0.1, -0.05) is 23.8 Å². The molecule has 2 aromatic carbocycles. The van der Waals surface area contributed by atoms with Crippen LogP contribution < -0.4 is 16.6 Å². The van der Waals surface area contributed by atoms with Crippen molar-refractivity contribution >= 4 is 34.0 Å². The highest BCUT2D eigenvalue weighted by Crippen LogP contribution is 2.28. The molecule has 0 aliphatic carbocycles. The average Bonchev–Trinajstić information content (AvgIpc) is 2.75. The van der Waals surface area contributed by atoms with Gasteiger partial charge in [-0.3, -0.25) is 14.4 Å². The molecule has 4 rings (SSSR count). The number of nitrogens with two attached hydrogens (primary N) is 1. The lowest BCUT2D eigenvalue weighted by atomic mass is 9.93. The molecule has 154 valence electrons. The van der Waals surface area contributed by atoms with Gasteiger partial charge >= 0.3 is 0 Å². The van der Waals surface area contributed by atoms with Gasteiger partial charge in [0.05, 0.1) is 11.9 Å². The minimum atomic E-state index is -0.768. The maximum Gasteiger partial charge on any atom is 0.296 e. The van der Waals surface area contributed by atoms with Crippen molar-refractivity contribution in [2.75, 3.05) is 11.1 Å². The fraction of sp³-hybridized carbons (Fsp3) is 0.0833. The predicted octanol–water partition coefficient (Wildman–Crippen LogP) is 3.61. The number of amides is 1. The number of hydrogen-bond acceptors (Lipinski definition) is 5. The van der Waals surface area contributed by atoms with Crippen molar-refractivity contribution in [1.82, 2.24) is 9.97 Å². The molecular formula is C24H20N4O3. The van der Waals surface area contributed by atoms with Gasteiger partial charge in [-0.05, 0) is 66.3 Å². The number of aromatic nitrogens is 2. The number of nitrogens with one attached hydrogen (secondary N) is 2. The van der Waals surface area contributed by atoms with Gasteiger partial charge in [0, 0.05) is 17.1 Å². The van der Waals surface area contributed by atoms with Gasteiger partial charge in [0.1, 0.15) is 5.82 Å². The number of aromatic amines is 1. The van der Waals surface area contributed by atoms with E-state index < -0.39 is 11.7 Å². The van der Waals surface area contributed by atoms with E-state index in [0.717, 1.165) is 16.5 Å². The summed E-state index contributed by atoms with van der Waals surface area (Å²) in [4.78, 5) is 44.4. The van der Waals surface area contributed by atoms with Gasteiger partial charge in [-0.15, -0.1) is 0 Å². The fourth-order valence-corrected chi connectivity index (χ4v) is 3.42. The number of carbonyl (C=O) groups is 2. The van der Waals surface area contributed by atoms with E-state index in [2.05, 4.69) is 15.3 Å². The van der Waals surface area contributed by atoms with Crippen LogP contribution >= 0.6 is 0 Å². The van der Waals surface area contributed by atoms with Crippen molar-refractivity contribution in [3.8, 4) is 11.1 Å². The molecule has 4 aromatic rings. The van der Waals surface area contributed by atoms with E-state index in [1.807, 2.05) is 19.1 Å². The van der Waals surface area contributed by atoms with Crippen LogP contribution in [0.2, 0.25) is 0 Å². The minimum Gasteiger partial charge on any atom is -0.383 e. The van der Waals surface area contributed by atoms with Crippen LogP contribution in [0.5, 0.6) is 0 Å². The molecule has 1 amide bonds. The average molecular weight is 412 g/mol. The van der Waals surface area contributed by atoms with Gasteiger partial charge < -0.3 is 16.0 Å². The summed E-state index contributed by atoms with van der Waals surface area (Å²) < 4.78 is 0. The number of rotatable bonds is 4. The largest absolute Gasteiger partial charge is 0.383 e. The highest BCUT2D eigenvalue weighted by molar-refractivity contribution is 6.47. The second-order valence-corrected chi connectivity index (χ2v) is 7.37. The highest BCUT2D eigenvalue weighted by Gasteiger charge is 2.21. The number of carbonyl (C=O) groups excluding carboxylic acids is 2. The minimum absolute atomic E-state index is 0.184. The summed E-state index contributed by atoms with van der Waals surface area (Å²) in [7, 11) is 0. The van der Waals surface area contributed by atoms with Crippen LogP contribution in [0.3, 0.4) is 0 Å². The summed E-state index contributed by atoms with van der Waals surface area (Å²) in [5.41, 5.74) is 9.09. The molecule has 0 spiro atoms. The Kier molecular flexibility index (Phi) is 5.09. The summed E-state index contributed by atoms with van der Waals surface area (Å²) >= 11 is 0. The number of pyridine rings is 2. The van der Waals surface area contributed by atoms with Gasteiger partial charge in [0.25, 0.3) is 17.2 Å². The Balaban J connectivity index is 1.72. The number of H-pyrrole nitrogens is 1. The number of ketones is 1. The highest BCUT2D eigenvalue weighted by atomic mass is 16.2. The Bertz CT molecular complexity index is 1410. The third-order valence-electron chi connectivity index (χ3n) is 5.09. The van der Waals surface area contributed by atoms with Crippen LogP contribution in [-0.2, 0) is 4.79 Å². The normalized spacial score (nSPS) is 10.8. The quantitative estimate of drug-likeness (QED) is 0.350. The number of nitrogen functional groups attached to an aromatic ring is 1. The second-order valence-electron chi connectivity index (χ2n) is 7.37. The molecule has 7 heteroatoms. The zero-order valence-electron chi connectivity index (χ0n) is 17.0. The third kappa shape index (κ3) is 3.93. The number of hydrogen-bond donors (Lipinski definition) is 3. The second kappa shape index (κ2) is 7.87. The first-order valence-corrected chi connectivity index (χ1v) is 9.64. The number of Topliss-reactive ketones (excluding diaryl/α,β-unsaturated/α-hetero) is 1. The third-order valence-corrected chi connectivity index (χ3v) is 5.09.